The summed E-state index contributed by atoms with van der Waals surface area (Å²) in [7, 11) is 0. The second-order valence-corrected chi connectivity index (χ2v) is 6.73. The van der Waals surface area contributed by atoms with Crippen LogP contribution in [-0.2, 0) is 16.0 Å². The van der Waals surface area contributed by atoms with Crippen LogP contribution in [0.2, 0.25) is 5.15 Å². The zero-order chi connectivity index (χ0) is 18.7. The molecule has 3 heterocycles. The first-order chi connectivity index (χ1) is 12.5. The van der Waals surface area contributed by atoms with Gasteiger partial charge in [0.2, 0.25) is 5.78 Å². The molecule has 0 spiro atoms. The zero-order valence-corrected chi connectivity index (χ0v) is 15.6. The monoisotopic (exact) mass is 376 g/mol. The van der Waals surface area contributed by atoms with Gasteiger partial charge in [0.25, 0.3) is 0 Å². The number of rotatable bonds is 6. The first kappa shape index (κ1) is 18.6. The molecule has 0 bridgehead atoms. The Kier molecular flexibility index (Phi) is 5.74. The van der Waals surface area contributed by atoms with Gasteiger partial charge in [0.1, 0.15) is 5.15 Å². The first-order valence-electron chi connectivity index (χ1n) is 8.56. The lowest BCUT2D eigenvalue weighted by Crippen LogP contribution is -2.18. The predicted molar refractivity (Wildman–Crippen MR) is 96.7 cm³/mol. The average molecular weight is 377 g/mol. The number of ketones is 1. The summed E-state index contributed by atoms with van der Waals surface area (Å²) in [5.74, 6) is -0.908. The Hall–Kier alpha value is -2.18. The smallest absolute Gasteiger partial charge is 0.341 e. The number of nitrogens with zero attached hydrogens (tertiary/aromatic N) is 2. The Labute approximate surface area is 157 Å². The molecule has 0 unspecified atom stereocenters. The summed E-state index contributed by atoms with van der Waals surface area (Å²) in [5, 5.41) is 0.0553. The van der Waals surface area contributed by atoms with E-state index in [4.69, 9.17) is 21.1 Å². The molecule has 2 aromatic rings. The molecule has 0 radical (unpaired) electrons. The molecule has 1 aliphatic rings. The van der Waals surface area contributed by atoms with Gasteiger partial charge in [-0.1, -0.05) is 11.6 Å². The Morgan fingerprint density at radius 2 is 2.19 bits per heavy atom. The number of pyridine rings is 1. The van der Waals surface area contributed by atoms with E-state index in [0.717, 1.165) is 37.4 Å². The van der Waals surface area contributed by atoms with Crippen LogP contribution in [0.1, 0.15) is 44.9 Å². The molecular formula is C19H21ClN2O4. The molecule has 2 aromatic heterocycles. The Bertz CT molecular complexity index is 825. The van der Waals surface area contributed by atoms with Crippen LogP contribution in [-0.4, -0.2) is 40.6 Å². The minimum absolute atomic E-state index is 0.0553. The van der Waals surface area contributed by atoms with Gasteiger partial charge in [-0.25, -0.2) is 9.78 Å². The molecule has 1 fully saturated rings. The van der Waals surface area contributed by atoms with Gasteiger partial charge in [0, 0.05) is 36.3 Å². The van der Waals surface area contributed by atoms with Crippen molar-refractivity contribution in [3.8, 4) is 0 Å². The van der Waals surface area contributed by atoms with Crippen molar-refractivity contribution in [3.63, 3.8) is 0 Å². The van der Waals surface area contributed by atoms with Gasteiger partial charge < -0.3 is 14.0 Å². The summed E-state index contributed by atoms with van der Waals surface area (Å²) in [5.41, 5.74) is 2.55. The molecule has 1 aliphatic heterocycles. The summed E-state index contributed by atoms with van der Waals surface area (Å²) in [4.78, 5) is 28.4. The third-order valence-electron chi connectivity index (χ3n) is 4.60. The molecule has 3 rings (SSSR count). The van der Waals surface area contributed by atoms with E-state index in [-0.39, 0.29) is 29.2 Å². The van der Waals surface area contributed by atoms with Crippen molar-refractivity contribution < 1.29 is 19.1 Å². The number of aryl methyl sites for hydroxylation is 1. The normalized spacial score (nSPS) is 16.7. The average Bonchev–Trinajstić information content (AvgIpc) is 3.23. The maximum absolute atomic E-state index is 12.5. The van der Waals surface area contributed by atoms with Crippen LogP contribution in [0, 0.1) is 13.8 Å². The molecule has 0 saturated carbocycles. The number of esters is 1. The highest BCUT2D eigenvalue weighted by Gasteiger charge is 2.22. The molecular weight excluding hydrogens is 356 g/mol. The molecule has 0 amide bonds. The maximum Gasteiger partial charge on any atom is 0.341 e. The van der Waals surface area contributed by atoms with E-state index in [0.29, 0.717) is 5.56 Å². The van der Waals surface area contributed by atoms with Crippen LogP contribution >= 0.6 is 11.6 Å². The van der Waals surface area contributed by atoms with E-state index < -0.39 is 5.97 Å². The lowest BCUT2D eigenvalue weighted by atomic mass is 10.1. The highest BCUT2D eigenvalue weighted by molar-refractivity contribution is 6.32. The number of hydrogen-bond acceptors (Lipinski definition) is 5. The predicted octanol–water partition coefficient (Wildman–Crippen LogP) is 3.37. The zero-order valence-electron chi connectivity index (χ0n) is 14.8. The molecule has 6 nitrogen and oxygen atoms in total. The van der Waals surface area contributed by atoms with Crippen LogP contribution in [0.4, 0.5) is 0 Å². The Balaban J connectivity index is 1.66. The largest absolute Gasteiger partial charge is 0.454 e. The van der Waals surface area contributed by atoms with E-state index in [1.54, 1.807) is 6.07 Å². The van der Waals surface area contributed by atoms with Crippen molar-refractivity contribution >= 4 is 23.4 Å². The van der Waals surface area contributed by atoms with E-state index in [2.05, 4.69) is 9.55 Å². The fraction of sp³-hybridized carbons (Fsp3) is 0.421. The van der Waals surface area contributed by atoms with E-state index in [1.165, 1.54) is 12.3 Å². The van der Waals surface area contributed by atoms with Gasteiger partial charge in [0.05, 0.1) is 11.7 Å². The fourth-order valence-electron chi connectivity index (χ4n) is 3.18. The van der Waals surface area contributed by atoms with Crippen molar-refractivity contribution in [3.05, 3.63) is 52.1 Å². The lowest BCUT2D eigenvalue weighted by molar-refractivity contribution is 0.0474. The van der Waals surface area contributed by atoms with Crippen LogP contribution in [0.5, 0.6) is 0 Å². The number of carbonyl (C=O) groups excluding carboxylic acids is 2. The molecule has 7 heteroatoms. The molecule has 0 aliphatic carbocycles. The van der Waals surface area contributed by atoms with Crippen molar-refractivity contribution in [2.45, 2.75) is 39.3 Å². The van der Waals surface area contributed by atoms with Crippen LogP contribution in [0.3, 0.4) is 0 Å². The van der Waals surface area contributed by atoms with Crippen LogP contribution in [0.25, 0.3) is 0 Å². The SMILES string of the molecule is Cc1cc(C(=O)COC(=O)c2cccnc2Cl)c(C)n1C[C@H]1CCCO1. The molecule has 1 atom stereocenters. The number of halogens is 1. The maximum atomic E-state index is 12.5. The number of aromatic nitrogens is 2. The van der Waals surface area contributed by atoms with E-state index in [9.17, 15) is 9.59 Å². The highest BCUT2D eigenvalue weighted by atomic mass is 35.5. The van der Waals surface area contributed by atoms with Gasteiger partial charge in [-0.15, -0.1) is 0 Å². The van der Waals surface area contributed by atoms with Crippen LogP contribution < -0.4 is 0 Å². The summed E-state index contributed by atoms with van der Waals surface area (Å²) in [6.07, 6.45) is 3.77. The van der Waals surface area contributed by atoms with Gasteiger partial charge >= 0.3 is 5.97 Å². The second kappa shape index (κ2) is 8.01. The third-order valence-corrected chi connectivity index (χ3v) is 4.90. The van der Waals surface area contributed by atoms with Gasteiger partial charge in [-0.3, -0.25) is 4.79 Å². The fourth-order valence-corrected chi connectivity index (χ4v) is 3.38. The van der Waals surface area contributed by atoms with Crippen molar-refractivity contribution in [1.29, 1.82) is 0 Å². The first-order valence-corrected chi connectivity index (χ1v) is 8.94. The van der Waals surface area contributed by atoms with Gasteiger partial charge in [-0.05, 0) is 44.9 Å². The third kappa shape index (κ3) is 3.97. The Morgan fingerprint density at radius 1 is 1.38 bits per heavy atom. The topological polar surface area (TPSA) is 70.4 Å². The van der Waals surface area contributed by atoms with Gasteiger partial charge in [0.15, 0.2) is 6.61 Å². The quantitative estimate of drug-likeness (QED) is 0.439. The molecule has 1 saturated heterocycles. The highest BCUT2D eigenvalue weighted by Crippen LogP contribution is 2.21. The lowest BCUT2D eigenvalue weighted by Gasteiger charge is -2.14. The molecule has 0 N–H and O–H groups in total. The summed E-state index contributed by atoms with van der Waals surface area (Å²) in [6, 6.07) is 4.93. The van der Waals surface area contributed by atoms with Crippen molar-refractivity contribution in [1.82, 2.24) is 9.55 Å². The number of hydrogen-bond donors (Lipinski definition) is 0. The van der Waals surface area contributed by atoms with Crippen molar-refractivity contribution in [2.24, 2.45) is 0 Å². The number of ether oxygens (including phenoxy) is 2. The Morgan fingerprint density at radius 3 is 2.88 bits per heavy atom. The summed E-state index contributed by atoms with van der Waals surface area (Å²) >= 11 is 5.87. The van der Waals surface area contributed by atoms with Crippen LogP contribution in [0.15, 0.2) is 24.4 Å². The van der Waals surface area contributed by atoms with Gasteiger partial charge in [-0.2, -0.15) is 0 Å². The number of carbonyl (C=O) groups is 2. The molecule has 138 valence electrons. The summed E-state index contributed by atoms with van der Waals surface area (Å²) in [6.45, 7) is 5.04. The van der Waals surface area contributed by atoms with E-state index in [1.807, 2.05) is 19.9 Å². The second-order valence-electron chi connectivity index (χ2n) is 6.37. The van der Waals surface area contributed by atoms with Crippen molar-refractivity contribution in [2.75, 3.05) is 13.2 Å². The minimum atomic E-state index is -0.662. The minimum Gasteiger partial charge on any atom is -0.454 e. The summed E-state index contributed by atoms with van der Waals surface area (Å²) < 4.78 is 12.9. The van der Waals surface area contributed by atoms with E-state index >= 15 is 0 Å². The molecule has 26 heavy (non-hydrogen) atoms. The molecule has 0 aromatic carbocycles. The standard InChI is InChI=1S/C19H21ClN2O4/c1-12-9-16(13(2)22(12)10-14-5-4-8-25-14)17(23)11-26-19(24)15-6-3-7-21-18(15)20/h3,6-7,9,14H,4-5,8,10-11H2,1-2H3/t14-/m1/s1. The number of Topliss-reactive ketones (excluding diaryl/α,β-unsaturated/α-hetero) is 1.